The normalized spacial score (nSPS) is 19.2. The molecule has 5 heteroatoms. The fourth-order valence-electron chi connectivity index (χ4n) is 2.65. The van der Waals surface area contributed by atoms with Crippen LogP contribution in [-0.2, 0) is 6.54 Å². The summed E-state index contributed by atoms with van der Waals surface area (Å²) in [5.74, 6) is 0.228. The van der Waals surface area contributed by atoms with Gasteiger partial charge in [-0.05, 0) is 41.8 Å². The van der Waals surface area contributed by atoms with Gasteiger partial charge in [0, 0.05) is 25.6 Å². The van der Waals surface area contributed by atoms with E-state index in [0.29, 0.717) is 6.54 Å². The molecule has 2 atom stereocenters. The summed E-state index contributed by atoms with van der Waals surface area (Å²) in [6.45, 7) is 0.472. The number of phenolic OH excluding ortho intramolecular Hbond substituents is 1. The SMILES string of the molecule is CN(Cc1ccc(O)cc1)C(=O)N[C@@H]1C[C@H]1c1ccc(F)cc1. The predicted octanol–water partition coefficient (Wildman–Crippen LogP) is 3.23. The number of carbonyl (C=O) groups excluding carboxylic acids is 1. The molecule has 0 aromatic heterocycles. The van der Waals surface area contributed by atoms with Crippen molar-refractivity contribution in [2.75, 3.05) is 7.05 Å². The second-order valence-electron chi connectivity index (χ2n) is 5.97. The van der Waals surface area contributed by atoms with Crippen LogP contribution in [0.4, 0.5) is 9.18 Å². The third-order valence-electron chi connectivity index (χ3n) is 4.10. The molecule has 2 amide bonds. The van der Waals surface area contributed by atoms with Crippen LogP contribution in [0.2, 0.25) is 0 Å². The number of aromatic hydroxyl groups is 1. The van der Waals surface area contributed by atoms with E-state index in [1.54, 1.807) is 48.3 Å². The number of benzene rings is 2. The fraction of sp³-hybridized carbons (Fsp3) is 0.278. The summed E-state index contributed by atoms with van der Waals surface area (Å²) < 4.78 is 12.9. The first-order valence-electron chi connectivity index (χ1n) is 7.58. The molecule has 0 spiro atoms. The fourth-order valence-corrected chi connectivity index (χ4v) is 2.65. The summed E-state index contributed by atoms with van der Waals surface area (Å²) in [7, 11) is 1.73. The first-order chi connectivity index (χ1) is 11.0. The first-order valence-corrected chi connectivity index (χ1v) is 7.58. The molecule has 2 N–H and O–H groups in total. The average molecular weight is 314 g/mol. The molecule has 120 valence electrons. The lowest BCUT2D eigenvalue weighted by molar-refractivity contribution is 0.206. The molecule has 0 unspecified atom stereocenters. The van der Waals surface area contributed by atoms with Crippen molar-refractivity contribution in [3.8, 4) is 5.75 Å². The van der Waals surface area contributed by atoms with Crippen LogP contribution >= 0.6 is 0 Å². The van der Waals surface area contributed by atoms with Crippen molar-refractivity contribution in [2.45, 2.75) is 24.9 Å². The highest BCUT2D eigenvalue weighted by Gasteiger charge is 2.39. The number of hydrogen-bond donors (Lipinski definition) is 2. The Bertz CT molecular complexity index is 685. The zero-order valence-electron chi connectivity index (χ0n) is 12.9. The standard InChI is InChI=1S/C18H19FN2O2/c1-21(11-12-2-8-15(22)9-3-12)18(23)20-17-10-16(17)13-4-6-14(19)7-5-13/h2-9,16-17,22H,10-11H2,1H3,(H,20,23)/t16-,17+/m0/s1. The smallest absolute Gasteiger partial charge is 0.317 e. The lowest BCUT2D eigenvalue weighted by Crippen LogP contribution is -2.38. The molecule has 0 radical (unpaired) electrons. The summed E-state index contributed by atoms with van der Waals surface area (Å²) in [5, 5.41) is 12.3. The van der Waals surface area contributed by atoms with Crippen molar-refractivity contribution < 1.29 is 14.3 Å². The number of nitrogens with one attached hydrogen (secondary N) is 1. The van der Waals surface area contributed by atoms with Crippen molar-refractivity contribution in [1.82, 2.24) is 10.2 Å². The van der Waals surface area contributed by atoms with Crippen molar-refractivity contribution in [2.24, 2.45) is 0 Å². The van der Waals surface area contributed by atoms with Gasteiger partial charge in [0.25, 0.3) is 0 Å². The average Bonchev–Trinajstić information content (AvgIpc) is 3.29. The van der Waals surface area contributed by atoms with Crippen LogP contribution in [0, 0.1) is 5.82 Å². The molecule has 1 saturated carbocycles. The van der Waals surface area contributed by atoms with Gasteiger partial charge >= 0.3 is 6.03 Å². The van der Waals surface area contributed by atoms with E-state index in [1.165, 1.54) is 12.1 Å². The molecule has 1 aliphatic carbocycles. The Kier molecular flexibility index (Phi) is 4.19. The predicted molar refractivity (Wildman–Crippen MR) is 85.7 cm³/mol. The number of urea groups is 1. The van der Waals surface area contributed by atoms with Gasteiger partial charge in [0.15, 0.2) is 0 Å². The molecule has 1 fully saturated rings. The van der Waals surface area contributed by atoms with E-state index in [9.17, 15) is 14.3 Å². The number of halogens is 1. The molecule has 4 nitrogen and oxygen atoms in total. The zero-order valence-corrected chi connectivity index (χ0v) is 12.9. The Balaban J connectivity index is 1.51. The van der Waals surface area contributed by atoms with E-state index >= 15 is 0 Å². The molecular weight excluding hydrogens is 295 g/mol. The van der Waals surface area contributed by atoms with Crippen molar-refractivity contribution in [3.63, 3.8) is 0 Å². The maximum atomic E-state index is 12.9. The summed E-state index contributed by atoms with van der Waals surface area (Å²) >= 11 is 0. The molecule has 0 aliphatic heterocycles. The minimum atomic E-state index is -0.247. The van der Waals surface area contributed by atoms with Crippen LogP contribution in [-0.4, -0.2) is 29.1 Å². The molecule has 23 heavy (non-hydrogen) atoms. The quantitative estimate of drug-likeness (QED) is 0.910. The Hall–Kier alpha value is -2.56. The van der Waals surface area contributed by atoms with Crippen LogP contribution < -0.4 is 5.32 Å². The molecule has 0 heterocycles. The zero-order chi connectivity index (χ0) is 16.4. The summed E-state index contributed by atoms with van der Waals surface area (Å²) in [6.07, 6.45) is 0.879. The molecule has 3 rings (SSSR count). The molecule has 1 aliphatic rings. The van der Waals surface area contributed by atoms with Gasteiger partial charge in [-0.3, -0.25) is 0 Å². The van der Waals surface area contributed by atoms with E-state index in [4.69, 9.17) is 0 Å². The molecule has 0 saturated heterocycles. The van der Waals surface area contributed by atoms with Crippen LogP contribution in [0.1, 0.15) is 23.5 Å². The van der Waals surface area contributed by atoms with Gasteiger partial charge in [0.1, 0.15) is 11.6 Å². The number of phenols is 1. The van der Waals surface area contributed by atoms with Crippen LogP contribution in [0.15, 0.2) is 48.5 Å². The van der Waals surface area contributed by atoms with Gasteiger partial charge in [-0.25, -0.2) is 9.18 Å². The van der Waals surface area contributed by atoms with Gasteiger partial charge in [-0.15, -0.1) is 0 Å². The van der Waals surface area contributed by atoms with Gasteiger partial charge in [0.2, 0.25) is 0 Å². The van der Waals surface area contributed by atoms with Crippen LogP contribution in [0.25, 0.3) is 0 Å². The summed E-state index contributed by atoms with van der Waals surface area (Å²) in [6, 6.07) is 13.2. The maximum Gasteiger partial charge on any atom is 0.317 e. The third-order valence-corrected chi connectivity index (χ3v) is 4.10. The molecular formula is C18H19FN2O2. The summed E-state index contributed by atoms with van der Waals surface area (Å²) in [4.78, 5) is 13.8. The van der Waals surface area contributed by atoms with Crippen molar-refractivity contribution >= 4 is 6.03 Å². The van der Waals surface area contributed by atoms with Gasteiger partial charge in [0.05, 0.1) is 0 Å². The topological polar surface area (TPSA) is 52.6 Å². The van der Waals surface area contributed by atoms with Crippen LogP contribution in [0.3, 0.4) is 0 Å². The Labute approximate surface area is 134 Å². The van der Waals surface area contributed by atoms with Gasteiger partial charge in [-0.1, -0.05) is 24.3 Å². The molecule has 0 bridgehead atoms. The van der Waals surface area contributed by atoms with Gasteiger partial charge < -0.3 is 15.3 Å². The van der Waals surface area contributed by atoms with Crippen molar-refractivity contribution in [1.29, 1.82) is 0 Å². The molecule has 2 aromatic carbocycles. The third kappa shape index (κ3) is 3.80. The highest BCUT2D eigenvalue weighted by molar-refractivity contribution is 5.75. The Morgan fingerprint density at radius 2 is 1.87 bits per heavy atom. The summed E-state index contributed by atoms with van der Waals surface area (Å²) in [5.41, 5.74) is 2.00. The minimum Gasteiger partial charge on any atom is -0.508 e. The molecule has 2 aromatic rings. The van der Waals surface area contributed by atoms with E-state index in [2.05, 4.69) is 5.32 Å². The van der Waals surface area contributed by atoms with E-state index in [-0.39, 0.29) is 29.6 Å². The lowest BCUT2D eigenvalue weighted by Gasteiger charge is -2.18. The Morgan fingerprint density at radius 3 is 2.52 bits per heavy atom. The number of amides is 2. The lowest BCUT2D eigenvalue weighted by atomic mass is 10.1. The largest absolute Gasteiger partial charge is 0.508 e. The first kappa shape index (κ1) is 15.3. The van der Waals surface area contributed by atoms with E-state index in [1.807, 2.05) is 0 Å². The minimum absolute atomic E-state index is 0.107. The highest BCUT2D eigenvalue weighted by atomic mass is 19.1. The number of hydrogen-bond acceptors (Lipinski definition) is 2. The number of carbonyl (C=O) groups is 1. The number of rotatable bonds is 4. The highest BCUT2D eigenvalue weighted by Crippen LogP contribution is 2.40. The maximum absolute atomic E-state index is 12.9. The van der Waals surface area contributed by atoms with Crippen molar-refractivity contribution in [3.05, 3.63) is 65.5 Å². The van der Waals surface area contributed by atoms with E-state index < -0.39 is 0 Å². The Morgan fingerprint density at radius 1 is 1.22 bits per heavy atom. The second-order valence-corrected chi connectivity index (χ2v) is 5.97. The van der Waals surface area contributed by atoms with Gasteiger partial charge in [-0.2, -0.15) is 0 Å². The number of nitrogens with zero attached hydrogens (tertiary/aromatic N) is 1. The van der Waals surface area contributed by atoms with Crippen LogP contribution in [0.5, 0.6) is 5.75 Å². The second kappa shape index (κ2) is 6.28. The van der Waals surface area contributed by atoms with E-state index in [0.717, 1.165) is 17.5 Å². The monoisotopic (exact) mass is 314 g/mol.